The first-order valence-electron chi connectivity index (χ1n) is 9.44. The summed E-state index contributed by atoms with van der Waals surface area (Å²) >= 11 is 2.86. The van der Waals surface area contributed by atoms with Crippen molar-refractivity contribution in [1.29, 1.82) is 0 Å². The van der Waals surface area contributed by atoms with Crippen LogP contribution in [-0.2, 0) is 27.3 Å². The van der Waals surface area contributed by atoms with Gasteiger partial charge in [-0.25, -0.2) is 14.4 Å². The summed E-state index contributed by atoms with van der Waals surface area (Å²) in [6, 6.07) is 13.8. The molecule has 0 aromatic heterocycles. The molecule has 1 N–H and O–H groups in total. The van der Waals surface area contributed by atoms with Crippen LogP contribution >= 0.6 is 16.3 Å². The van der Waals surface area contributed by atoms with Crippen molar-refractivity contribution in [3.63, 3.8) is 0 Å². The highest BCUT2D eigenvalue weighted by molar-refractivity contribution is 9.06. The van der Waals surface area contributed by atoms with Crippen LogP contribution in [0.4, 0.5) is 9.59 Å². The Kier molecular flexibility index (Phi) is 8.44. The molecule has 0 spiro atoms. The minimum atomic E-state index is -1.53. The summed E-state index contributed by atoms with van der Waals surface area (Å²) in [7, 11) is 0. The predicted molar refractivity (Wildman–Crippen MR) is 116 cm³/mol. The Hall–Kier alpha value is -3.07. The topological polar surface area (TPSA) is 102 Å². The third-order valence-electron chi connectivity index (χ3n) is 4.03. The zero-order chi connectivity index (χ0) is 23.0. The molecule has 9 heteroatoms. The molecule has 0 aliphatic heterocycles. The molecule has 0 radical (unpaired) electrons. The van der Waals surface area contributed by atoms with Crippen molar-refractivity contribution >= 4 is 34.4 Å². The summed E-state index contributed by atoms with van der Waals surface area (Å²) in [4.78, 5) is 38.1. The molecule has 31 heavy (non-hydrogen) atoms. The number of nitrogens with zero attached hydrogens (tertiary/aromatic N) is 1. The zero-order valence-electron chi connectivity index (χ0n) is 17.4. The number of hydrogen-bond donors (Lipinski definition) is 1. The first kappa shape index (κ1) is 24.2. The Morgan fingerprint density at radius 3 is 2.10 bits per heavy atom. The number of rotatable bonds is 7. The number of benzene rings is 2. The van der Waals surface area contributed by atoms with Gasteiger partial charge in [0.05, 0.1) is 0 Å². The van der Waals surface area contributed by atoms with Crippen molar-refractivity contribution < 1.29 is 32.8 Å². The van der Waals surface area contributed by atoms with Gasteiger partial charge in [-0.15, -0.1) is 0 Å². The maximum Gasteiger partial charge on any atom is 0.420 e. The molecular weight excluding hydrogens is 470 g/mol. The highest BCUT2D eigenvalue weighted by Crippen LogP contribution is 2.20. The third-order valence-corrected chi connectivity index (χ3v) is 4.40. The summed E-state index contributed by atoms with van der Waals surface area (Å²) in [5.41, 5.74) is 0.329. The summed E-state index contributed by atoms with van der Waals surface area (Å²) in [5.74, 6) is -0.856. The van der Waals surface area contributed by atoms with E-state index >= 15 is 0 Å². The van der Waals surface area contributed by atoms with Crippen LogP contribution in [0.2, 0.25) is 0 Å². The van der Waals surface area contributed by atoms with Crippen LogP contribution in [0, 0.1) is 0 Å². The van der Waals surface area contributed by atoms with E-state index < -0.39 is 29.8 Å². The minimum Gasteiger partial charge on any atom is -0.480 e. The molecule has 0 aliphatic rings. The lowest BCUT2D eigenvalue weighted by Gasteiger charge is -2.29. The molecular formula is C22H24BrNO7. The first-order valence-corrected chi connectivity index (χ1v) is 10.1. The second-order valence-corrected chi connectivity index (χ2v) is 7.99. The van der Waals surface area contributed by atoms with Crippen LogP contribution in [0.25, 0.3) is 0 Å². The molecule has 0 aliphatic carbocycles. The highest BCUT2D eigenvalue weighted by Gasteiger charge is 2.39. The molecule has 166 valence electrons. The molecule has 2 rings (SSSR count). The van der Waals surface area contributed by atoms with Crippen LogP contribution in [0.15, 0.2) is 54.6 Å². The Bertz CT molecular complexity index is 894. The fraction of sp³-hybridized carbons (Fsp3) is 0.318. The van der Waals surface area contributed by atoms with Crippen molar-refractivity contribution in [2.75, 3.05) is 0 Å². The SMILES string of the molecule is CC(C)(C)OC(=O)N(C(=O)OCc1ccccc1)[C@@H](Cc1ccc(OBr)cc1)C(=O)O. The van der Waals surface area contributed by atoms with E-state index in [0.717, 1.165) is 0 Å². The number of carboxylic acids is 1. The lowest BCUT2D eigenvalue weighted by atomic mass is 10.0. The lowest BCUT2D eigenvalue weighted by molar-refractivity contribution is -0.142. The highest BCUT2D eigenvalue weighted by atomic mass is 79.9. The van der Waals surface area contributed by atoms with E-state index in [4.69, 9.17) is 13.3 Å². The summed E-state index contributed by atoms with van der Waals surface area (Å²) < 4.78 is 15.4. The van der Waals surface area contributed by atoms with Crippen molar-refractivity contribution in [1.82, 2.24) is 4.90 Å². The molecule has 0 saturated carbocycles. The summed E-state index contributed by atoms with van der Waals surface area (Å²) in [5, 5.41) is 9.80. The number of carbonyl (C=O) groups excluding carboxylic acids is 2. The predicted octanol–water partition coefficient (Wildman–Crippen LogP) is 4.94. The smallest absolute Gasteiger partial charge is 0.420 e. The van der Waals surface area contributed by atoms with Crippen LogP contribution < -0.4 is 3.83 Å². The van der Waals surface area contributed by atoms with Crippen LogP contribution in [0.1, 0.15) is 31.9 Å². The van der Waals surface area contributed by atoms with Crippen molar-refractivity contribution in [2.45, 2.75) is 45.4 Å². The standard InChI is InChI=1S/C22H24BrNO7/c1-22(2,3)30-21(28)24(20(27)29-14-16-7-5-4-6-8-16)18(19(25)26)13-15-9-11-17(31-23)12-10-15/h4-12,18H,13-14H2,1-3H3,(H,25,26)/t18-/m0/s1. The van der Waals surface area contributed by atoms with Crippen LogP contribution in [-0.4, -0.2) is 39.8 Å². The molecule has 0 unspecified atom stereocenters. The van der Waals surface area contributed by atoms with E-state index in [0.29, 0.717) is 21.8 Å². The maximum absolute atomic E-state index is 12.8. The Balaban J connectivity index is 2.28. The van der Waals surface area contributed by atoms with E-state index in [1.807, 2.05) is 6.07 Å². The number of carbonyl (C=O) groups is 3. The molecule has 2 aromatic rings. The van der Waals surface area contributed by atoms with Gasteiger partial charge in [0.15, 0.2) is 16.3 Å². The first-order chi connectivity index (χ1) is 14.6. The fourth-order valence-electron chi connectivity index (χ4n) is 2.62. The van der Waals surface area contributed by atoms with E-state index in [1.165, 1.54) is 0 Å². The number of amides is 2. The van der Waals surface area contributed by atoms with E-state index in [-0.39, 0.29) is 13.0 Å². The van der Waals surface area contributed by atoms with Gasteiger partial charge in [0.2, 0.25) is 0 Å². The number of ether oxygens (including phenoxy) is 2. The number of imide groups is 1. The monoisotopic (exact) mass is 493 g/mol. The Morgan fingerprint density at radius 2 is 1.58 bits per heavy atom. The molecule has 0 bridgehead atoms. The average molecular weight is 494 g/mol. The Morgan fingerprint density at radius 1 is 0.968 bits per heavy atom. The summed E-state index contributed by atoms with van der Waals surface area (Å²) in [6.07, 6.45) is -2.35. The lowest BCUT2D eigenvalue weighted by Crippen LogP contribution is -2.51. The van der Waals surface area contributed by atoms with Crippen LogP contribution in [0.5, 0.6) is 5.75 Å². The van der Waals surface area contributed by atoms with E-state index in [1.54, 1.807) is 69.3 Å². The van der Waals surface area contributed by atoms with Gasteiger partial charge in [-0.05, 0) is 44.0 Å². The normalized spacial score (nSPS) is 11.9. The molecule has 2 aromatic carbocycles. The Labute approximate surface area is 189 Å². The second kappa shape index (κ2) is 10.8. The molecule has 0 fully saturated rings. The number of carboxylic acid groups (broad SMARTS) is 1. The third kappa shape index (κ3) is 7.60. The molecule has 2 amide bonds. The van der Waals surface area contributed by atoms with Gasteiger partial charge >= 0.3 is 18.2 Å². The van der Waals surface area contributed by atoms with Crippen molar-refractivity contribution in [3.05, 3.63) is 65.7 Å². The van der Waals surface area contributed by atoms with Crippen molar-refractivity contribution in [2.24, 2.45) is 0 Å². The number of halogens is 1. The quantitative estimate of drug-likeness (QED) is 0.582. The average Bonchev–Trinajstić information content (AvgIpc) is 2.71. The van der Waals surface area contributed by atoms with Crippen LogP contribution in [0.3, 0.4) is 0 Å². The second-order valence-electron chi connectivity index (χ2n) is 7.67. The maximum atomic E-state index is 12.8. The fourth-order valence-corrected chi connectivity index (χ4v) is 2.83. The van der Waals surface area contributed by atoms with Gasteiger partial charge in [-0.2, -0.15) is 4.90 Å². The van der Waals surface area contributed by atoms with Gasteiger partial charge in [0.25, 0.3) is 0 Å². The summed E-state index contributed by atoms with van der Waals surface area (Å²) in [6.45, 7) is 4.73. The van der Waals surface area contributed by atoms with E-state index in [2.05, 4.69) is 16.3 Å². The number of hydrogen-bond acceptors (Lipinski definition) is 6. The molecule has 8 nitrogen and oxygen atoms in total. The van der Waals surface area contributed by atoms with Gasteiger partial charge < -0.3 is 18.4 Å². The molecule has 0 heterocycles. The largest absolute Gasteiger partial charge is 0.480 e. The van der Waals surface area contributed by atoms with Gasteiger partial charge in [0.1, 0.15) is 24.0 Å². The number of aliphatic carboxylic acids is 1. The van der Waals surface area contributed by atoms with E-state index in [9.17, 15) is 19.5 Å². The van der Waals surface area contributed by atoms with Gasteiger partial charge in [-0.1, -0.05) is 42.5 Å². The zero-order valence-corrected chi connectivity index (χ0v) is 19.0. The van der Waals surface area contributed by atoms with Gasteiger partial charge in [-0.3, -0.25) is 0 Å². The minimum absolute atomic E-state index is 0.122. The molecule has 1 atom stereocenters. The van der Waals surface area contributed by atoms with Crippen molar-refractivity contribution in [3.8, 4) is 5.75 Å². The van der Waals surface area contributed by atoms with Gasteiger partial charge in [0, 0.05) is 6.42 Å². The molecule has 0 saturated heterocycles.